The van der Waals surface area contributed by atoms with Crippen LogP contribution < -0.4 is 10.9 Å². The first kappa shape index (κ1) is 23.2. The van der Waals surface area contributed by atoms with E-state index < -0.39 is 28.2 Å². The summed E-state index contributed by atoms with van der Waals surface area (Å²) in [6.45, 7) is 4.41. The third-order valence-corrected chi connectivity index (χ3v) is 4.31. The summed E-state index contributed by atoms with van der Waals surface area (Å²) in [5.74, 6) is -1.49. The summed E-state index contributed by atoms with van der Waals surface area (Å²) < 4.78 is 6.32. The van der Waals surface area contributed by atoms with Gasteiger partial charge >= 0.3 is 0 Å². The van der Waals surface area contributed by atoms with Gasteiger partial charge in [-0.25, -0.2) is 0 Å². The number of pyridine rings is 1. The fourth-order valence-electron chi connectivity index (χ4n) is 2.68. The van der Waals surface area contributed by atoms with Gasteiger partial charge in [-0.15, -0.1) is 0 Å². The lowest BCUT2D eigenvalue weighted by molar-refractivity contribution is -0.384. The first-order valence-corrected chi connectivity index (χ1v) is 9.64. The number of rotatable bonds is 10. The average molecular weight is 436 g/mol. The van der Waals surface area contributed by atoms with Gasteiger partial charge in [0.05, 0.1) is 16.0 Å². The van der Waals surface area contributed by atoms with Crippen molar-refractivity contribution in [2.75, 3.05) is 13.2 Å². The van der Waals surface area contributed by atoms with E-state index in [9.17, 15) is 24.5 Å². The molecule has 1 unspecified atom stereocenters. The molecule has 30 heavy (non-hydrogen) atoms. The van der Waals surface area contributed by atoms with Crippen molar-refractivity contribution >= 4 is 29.0 Å². The maximum absolute atomic E-state index is 13.1. The van der Waals surface area contributed by atoms with Crippen molar-refractivity contribution in [2.24, 2.45) is 0 Å². The molecule has 0 saturated carbocycles. The number of halogens is 1. The average Bonchev–Trinajstić information content (AvgIpc) is 2.70. The molecule has 1 amide bonds. The van der Waals surface area contributed by atoms with E-state index in [1.165, 1.54) is 30.5 Å². The maximum atomic E-state index is 13.1. The molecule has 0 saturated heterocycles. The van der Waals surface area contributed by atoms with Crippen LogP contribution in [0.5, 0.6) is 0 Å². The van der Waals surface area contributed by atoms with Crippen molar-refractivity contribution in [1.29, 1.82) is 0 Å². The van der Waals surface area contributed by atoms with E-state index in [-0.39, 0.29) is 28.9 Å². The quantitative estimate of drug-likeness (QED) is 0.201. The lowest BCUT2D eigenvalue weighted by Crippen LogP contribution is -2.41. The predicted octanol–water partition coefficient (Wildman–Crippen LogP) is 2.77. The Morgan fingerprint density at radius 3 is 2.67 bits per heavy atom. The van der Waals surface area contributed by atoms with Crippen LogP contribution in [0, 0.1) is 10.1 Å². The Morgan fingerprint density at radius 1 is 1.27 bits per heavy atom. The monoisotopic (exact) mass is 435 g/mol. The smallest absolute Gasteiger partial charge is 0.270 e. The van der Waals surface area contributed by atoms with Gasteiger partial charge < -0.3 is 10.1 Å². The standard InChI is InChI=1S/C20H22ClN3O6/c1-13(2)30-10-4-9-22-20(27)18(23-12-15(21)7-8-17(23)25)19(26)14-5-3-6-16(11-14)24(28)29/h3,5-8,11-13,18H,4,9-10H2,1-2H3,(H,22,27). The zero-order valence-corrected chi connectivity index (χ0v) is 17.3. The number of nitro groups is 1. The zero-order chi connectivity index (χ0) is 22.3. The minimum Gasteiger partial charge on any atom is -0.379 e. The SMILES string of the molecule is CC(C)OCCCNC(=O)C(C(=O)c1cccc([N+](=O)[O-])c1)n1cc(Cl)ccc1=O. The number of ketones is 1. The molecule has 0 spiro atoms. The fraction of sp³-hybridized carbons (Fsp3) is 0.350. The highest BCUT2D eigenvalue weighted by atomic mass is 35.5. The van der Waals surface area contributed by atoms with Crippen LogP contribution >= 0.6 is 11.6 Å². The number of nitrogens with zero attached hydrogens (tertiary/aromatic N) is 2. The molecule has 0 fully saturated rings. The van der Waals surface area contributed by atoms with Crippen molar-refractivity contribution < 1.29 is 19.2 Å². The number of hydrogen-bond acceptors (Lipinski definition) is 6. The Balaban J connectivity index is 2.32. The van der Waals surface area contributed by atoms with E-state index in [2.05, 4.69) is 5.32 Å². The summed E-state index contributed by atoms with van der Waals surface area (Å²) in [7, 11) is 0. The molecular weight excluding hydrogens is 414 g/mol. The second kappa shape index (κ2) is 10.7. The van der Waals surface area contributed by atoms with Crippen molar-refractivity contribution in [3.63, 3.8) is 0 Å². The van der Waals surface area contributed by atoms with Crippen molar-refractivity contribution in [1.82, 2.24) is 9.88 Å². The first-order valence-electron chi connectivity index (χ1n) is 9.26. The summed E-state index contributed by atoms with van der Waals surface area (Å²) in [4.78, 5) is 48.6. The van der Waals surface area contributed by atoms with Gasteiger partial charge in [-0.2, -0.15) is 0 Å². The van der Waals surface area contributed by atoms with Crippen molar-refractivity contribution in [3.8, 4) is 0 Å². The van der Waals surface area contributed by atoms with Gasteiger partial charge in [0.15, 0.2) is 11.8 Å². The second-order valence-corrected chi connectivity index (χ2v) is 7.17. The molecule has 9 nitrogen and oxygen atoms in total. The van der Waals surface area contributed by atoms with Gasteiger partial charge in [-0.1, -0.05) is 23.7 Å². The second-order valence-electron chi connectivity index (χ2n) is 6.73. The highest BCUT2D eigenvalue weighted by molar-refractivity contribution is 6.30. The van der Waals surface area contributed by atoms with Crippen molar-refractivity contribution in [2.45, 2.75) is 32.4 Å². The molecule has 1 atom stereocenters. The van der Waals surface area contributed by atoms with Crippen LogP contribution in [0.15, 0.2) is 47.4 Å². The number of non-ortho nitro benzene ring substituents is 1. The zero-order valence-electron chi connectivity index (χ0n) is 16.5. The van der Waals surface area contributed by atoms with Gasteiger partial charge in [0.25, 0.3) is 17.2 Å². The number of nitro benzene ring substituents is 1. The summed E-state index contributed by atoms with van der Waals surface area (Å²) in [5.41, 5.74) is -0.981. The highest BCUT2D eigenvalue weighted by Crippen LogP contribution is 2.20. The lowest BCUT2D eigenvalue weighted by Gasteiger charge is -2.19. The van der Waals surface area contributed by atoms with Gasteiger partial charge in [0, 0.05) is 43.1 Å². The molecule has 2 aromatic rings. The molecular formula is C20H22ClN3O6. The molecule has 0 aliphatic heterocycles. The normalized spacial score (nSPS) is 11.9. The summed E-state index contributed by atoms with van der Waals surface area (Å²) in [6, 6.07) is 5.90. The topological polar surface area (TPSA) is 121 Å². The molecule has 1 aromatic heterocycles. The van der Waals surface area contributed by atoms with Crippen LogP contribution in [0.3, 0.4) is 0 Å². The van der Waals surface area contributed by atoms with Gasteiger partial charge in [0.1, 0.15) is 0 Å². The number of ether oxygens (including phenoxy) is 1. The summed E-state index contributed by atoms with van der Waals surface area (Å²) >= 11 is 5.95. The number of carbonyl (C=O) groups is 2. The van der Waals surface area contributed by atoms with E-state index >= 15 is 0 Å². The van der Waals surface area contributed by atoms with Crippen LogP contribution in [0.1, 0.15) is 36.7 Å². The molecule has 160 valence electrons. The minimum atomic E-state index is -1.57. The first-order chi connectivity index (χ1) is 14.2. The molecule has 0 radical (unpaired) electrons. The Hall–Kier alpha value is -3.04. The molecule has 1 heterocycles. The van der Waals surface area contributed by atoms with E-state index in [4.69, 9.17) is 16.3 Å². The van der Waals surface area contributed by atoms with Crippen LogP contribution in [0.4, 0.5) is 5.69 Å². The molecule has 0 aliphatic carbocycles. The third-order valence-electron chi connectivity index (χ3n) is 4.09. The number of benzene rings is 1. The molecule has 1 N–H and O–H groups in total. The minimum absolute atomic E-state index is 0.0499. The number of aromatic nitrogens is 1. The Bertz CT molecular complexity index is 989. The highest BCUT2D eigenvalue weighted by Gasteiger charge is 2.31. The Morgan fingerprint density at radius 2 is 2.00 bits per heavy atom. The van der Waals surface area contributed by atoms with E-state index in [0.29, 0.717) is 13.0 Å². The third kappa shape index (κ3) is 6.23. The van der Waals surface area contributed by atoms with Gasteiger partial charge in [0.2, 0.25) is 0 Å². The summed E-state index contributed by atoms with van der Waals surface area (Å²) in [5, 5.41) is 13.8. The number of Topliss-reactive ketones (excluding diaryl/α,β-unsaturated/α-hetero) is 1. The van der Waals surface area contributed by atoms with Gasteiger partial charge in [-0.05, 0) is 26.3 Å². The van der Waals surface area contributed by atoms with Crippen molar-refractivity contribution in [3.05, 3.63) is 73.6 Å². The molecule has 0 bridgehead atoms. The number of carbonyl (C=O) groups excluding carboxylic acids is 2. The van der Waals surface area contributed by atoms with E-state index in [0.717, 1.165) is 16.7 Å². The molecule has 10 heteroatoms. The fourth-order valence-corrected chi connectivity index (χ4v) is 2.85. The van der Waals surface area contributed by atoms with Gasteiger partial charge in [-0.3, -0.25) is 29.1 Å². The van der Waals surface area contributed by atoms with Crippen LogP contribution in [-0.4, -0.2) is 40.4 Å². The Kier molecular flexibility index (Phi) is 8.25. The number of hydrogen-bond donors (Lipinski definition) is 1. The van der Waals surface area contributed by atoms with E-state index in [1.54, 1.807) is 0 Å². The van der Waals surface area contributed by atoms with Crippen LogP contribution in [-0.2, 0) is 9.53 Å². The van der Waals surface area contributed by atoms with Crippen LogP contribution in [0.25, 0.3) is 0 Å². The van der Waals surface area contributed by atoms with Crippen LogP contribution in [0.2, 0.25) is 5.02 Å². The molecule has 0 aliphatic rings. The van der Waals surface area contributed by atoms with E-state index in [1.807, 2.05) is 13.8 Å². The Labute approximate surface area is 177 Å². The number of nitrogens with one attached hydrogen (secondary N) is 1. The maximum Gasteiger partial charge on any atom is 0.270 e. The predicted molar refractivity (Wildman–Crippen MR) is 111 cm³/mol. The number of amides is 1. The lowest BCUT2D eigenvalue weighted by atomic mass is 10.0. The molecule has 2 rings (SSSR count). The largest absolute Gasteiger partial charge is 0.379 e. The summed E-state index contributed by atoms with van der Waals surface area (Å²) in [6.07, 6.45) is 1.74. The molecule has 1 aromatic carbocycles.